The second kappa shape index (κ2) is 2.39. The Bertz CT molecular complexity index is 288. The fourth-order valence-corrected chi connectivity index (χ4v) is 1.09. The fourth-order valence-electron chi connectivity index (χ4n) is 1.09. The quantitative estimate of drug-likeness (QED) is 0.533. The number of amides is 2. The summed E-state index contributed by atoms with van der Waals surface area (Å²) in [5.74, 6) is 0. The molecule has 0 saturated heterocycles. The summed E-state index contributed by atoms with van der Waals surface area (Å²) in [7, 11) is 0. The molecule has 2 aliphatic heterocycles. The van der Waals surface area contributed by atoms with Crippen molar-refractivity contribution in [3.63, 3.8) is 0 Å². The van der Waals surface area contributed by atoms with E-state index >= 15 is 0 Å². The Morgan fingerprint density at radius 2 is 2.45 bits per heavy atom. The van der Waals surface area contributed by atoms with Crippen LogP contribution in [0.4, 0.5) is 4.79 Å². The van der Waals surface area contributed by atoms with E-state index in [1.807, 2.05) is 6.08 Å². The second-order valence-corrected chi connectivity index (χ2v) is 2.39. The van der Waals surface area contributed by atoms with Gasteiger partial charge in [0, 0.05) is 24.9 Å². The van der Waals surface area contributed by atoms with Crippen LogP contribution >= 0.6 is 0 Å². The molecule has 4 heteroatoms. The van der Waals surface area contributed by atoms with Crippen LogP contribution in [0.3, 0.4) is 0 Å². The summed E-state index contributed by atoms with van der Waals surface area (Å²) in [5, 5.41) is 3.08. The van der Waals surface area contributed by atoms with Gasteiger partial charge >= 0.3 is 6.03 Å². The molecule has 2 amide bonds. The van der Waals surface area contributed by atoms with Crippen LogP contribution in [0.5, 0.6) is 0 Å². The van der Waals surface area contributed by atoms with Crippen LogP contribution < -0.4 is 5.32 Å². The van der Waals surface area contributed by atoms with Crippen molar-refractivity contribution in [1.29, 1.82) is 0 Å². The average molecular weight is 149 g/mol. The number of nitrogens with zero attached hydrogens (tertiary/aromatic N) is 2. The molecule has 0 aromatic carbocycles. The van der Waals surface area contributed by atoms with Gasteiger partial charge in [-0.2, -0.15) is 9.98 Å². The number of carbonyl (C=O) groups is 1. The van der Waals surface area contributed by atoms with Gasteiger partial charge in [-0.25, -0.2) is 4.79 Å². The van der Waals surface area contributed by atoms with E-state index in [-0.39, 0.29) is 0 Å². The Hall–Kier alpha value is -1.29. The van der Waals surface area contributed by atoms with Crippen LogP contribution in [0.15, 0.2) is 21.6 Å². The van der Waals surface area contributed by atoms with Gasteiger partial charge in [-0.3, -0.25) is 0 Å². The van der Waals surface area contributed by atoms with Gasteiger partial charge in [0.2, 0.25) is 0 Å². The predicted molar refractivity (Wildman–Crippen MR) is 42.3 cm³/mol. The van der Waals surface area contributed by atoms with Crippen LogP contribution in [0, 0.1) is 0 Å². The zero-order chi connectivity index (χ0) is 7.68. The summed E-state index contributed by atoms with van der Waals surface area (Å²) in [5.41, 5.74) is 1.78. The normalized spacial score (nSPS) is 22.4. The summed E-state index contributed by atoms with van der Waals surface area (Å²) in [6.45, 7) is 1.50. The number of aliphatic imine (C=N–C) groups is 2. The van der Waals surface area contributed by atoms with Crippen molar-refractivity contribution in [2.24, 2.45) is 9.98 Å². The SMILES string of the molecule is O=C1N=CC2=CCNCC2=N1. The van der Waals surface area contributed by atoms with E-state index < -0.39 is 6.03 Å². The Labute approximate surface area is 63.7 Å². The van der Waals surface area contributed by atoms with E-state index in [0.29, 0.717) is 6.54 Å². The van der Waals surface area contributed by atoms with Crippen molar-refractivity contribution in [3.8, 4) is 0 Å². The van der Waals surface area contributed by atoms with E-state index in [1.165, 1.54) is 0 Å². The number of nitrogens with one attached hydrogen (secondary N) is 1. The molecule has 2 aliphatic rings. The Kier molecular flexibility index (Phi) is 1.40. The maximum Gasteiger partial charge on any atom is 0.367 e. The molecule has 0 spiro atoms. The molecule has 0 aliphatic carbocycles. The van der Waals surface area contributed by atoms with Crippen LogP contribution in [-0.2, 0) is 0 Å². The second-order valence-electron chi connectivity index (χ2n) is 2.39. The first-order chi connectivity index (χ1) is 5.36. The van der Waals surface area contributed by atoms with Gasteiger partial charge in [0.15, 0.2) is 0 Å². The molecule has 2 rings (SSSR count). The van der Waals surface area contributed by atoms with Crippen LogP contribution in [0.25, 0.3) is 0 Å². The van der Waals surface area contributed by atoms with E-state index in [1.54, 1.807) is 6.21 Å². The smallest absolute Gasteiger partial charge is 0.308 e. The molecule has 56 valence electrons. The molecule has 0 atom stereocenters. The maximum atomic E-state index is 10.7. The third-order valence-electron chi connectivity index (χ3n) is 1.64. The number of carbonyl (C=O) groups excluding carboxylic acids is 1. The highest BCUT2D eigenvalue weighted by molar-refractivity contribution is 6.24. The highest BCUT2D eigenvalue weighted by Crippen LogP contribution is 2.05. The molecule has 0 bridgehead atoms. The van der Waals surface area contributed by atoms with Crippen molar-refractivity contribution in [3.05, 3.63) is 11.6 Å². The molecule has 1 N–H and O–H groups in total. The van der Waals surface area contributed by atoms with Crippen LogP contribution in [0.1, 0.15) is 0 Å². The molecule has 2 heterocycles. The molecule has 0 fully saturated rings. The Morgan fingerprint density at radius 1 is 1.55 bits per heavy atom. The minimum absolute atomic E-state index is 0.402. The van der Waals surface area contributed by atoms with E-state index in [0.717, 1.165) is 17.8 Å². The third kappa shape index (κ3) is 1.12. The molecule has 0 saturated carbocycles. The minimum Gasteiger partial charge on any atom is -0.308 e. The molecule has 0 radical (unpaired) electrons. The summed E-state index contributed by atoms with van der Waals surface area (Å²) >= 11 is 0. The van der Waals surface area contributed by atoms with Gasteiger partial charge in [0.05, 0.1) is 5.71 Å². The lowest BCUT2D eigenvalue weighted by atomic mass is 10.1. The molecular weight excluding hydrogens is 142 g/mol. The van der Waals surface area contributed by atoms with Gasteiger partial charge in [-0.1, -0.05) is 6.08 Å². The van der Waals surface area contributed by atoms with Crippen molar-refractivity contribution in [2.45, 2.75) is 0 Å². The maximum absolute atomic E-state index is 10.7. The Balaban J connectivity index is 2.38. The van der Waals surface area contributed by atoms with E-state index in [9.17, 15) is 4.79 Å². The number of fused-ring (bicyclic) bond motifs is 1. The summed E-state index contributed by atoms with van der Waals surface area (Å²) in [6.07, 6.45) is 3.55. The van der Waals surface area contributed by atoms with Crippen molar-refractivity contribution in [1.82, 2.24) is 5.32 Å². The first-order valence-electron chi connectivity index (χ1n) is 3.43. The van der Waals surface area contributed by atoms with Gasteiger partial charge in [-0.15, -0.1) is 0 Å². The fraction of sp³-hybridized carbons (Fsp3) is 0.286. The van der Waals surface area contributed by atoms with Gasteiger partial charge in [-0.05, 0) is 0 Å². The minimum atomic E-state index is -0.402. The molecule has 11 heavy (non-hydrogen) atoms. The van der Waals surface area contributed by atoms with Crippen LogP contribution in [-0.4, -0.2) is 31.0 Å². The van der Waals surface area contributed by atoms with Gasteiger partial charge < -0.3 is 5.32 Å². The number of hydrogen-bond donors (Lipinski definition) is 1. The summed E-state index contributed by atoms with van der Waals surface area (Å²) in [4.78, 5) is 18.0. The number of rotatable bonds is 0. The monoisotopic (exact) mass is 149 g/mol. The molecular formula is C7H7N3O. The highest BCUT2D eigenvalue weighted by atomic mass is 16.2. The number of hydrogen-bond acceptors (Lipinski definition) is 2. The van der Waals surface area contributed by atoms with Gasteiger partial charge in [0.1, 0.15) is 0 Å². The highest BCUT2D eigenvalue weighted by Gasteiger charge is 2.14. The lowest BCUT2D eigenvalue weighted by Crippen LogP contribution is -2.32. The summed E-state index contributed by atoms with van der Waals surface area (Å²) < 4.78 is 0. The van der Waals surface area contributed by atoms with E-state index in [4.69, 9.17) is 0 Å². The standard InChI is InChI=1S/C7H7N3O/c11-7-9-3-5-1-2-8-4-6(5)10-7/h1,3,8H,2,4H2. The van der Waals surface area contributed by atoms with Crippen molar-refractivity contribution >= 4 is 18.0 Å². The zero-order valence-corrected chi connectivity index (χ0v) is 5.87. The zero-order valence-electron chi connectivity index (χ0n) is 5.87. The van der Waals surface area contributed by atoms with E-state index in [2.05, 4.69) is 15.3 Å². The molecule has 0 aromatic heterocycles. The molecule has 0 unspecified atom stereocenters. The third-order valence-corrected chi connectivity index (χ3v) is 1.64. The first kappa shape index (κ1) is 6.42. The van der Waals surface area contributed by atoms with Crippen LogP contribution in [0.2, 0.25) is 0 Å². The van der Waals surface area contributed by atoms with Crippen molar-refractivity contribution in [2.75, 3.05) is 13.1 Å². The van der Waals surface area contributed by atoms with Crippen molar-refractivity contribution < 1.29 is 4.79 Å². The van der Waals surface area contributed by atoms with Gasteiger partial charge in [0.25, 0.3) is 0 Å². The Morgan fingerprint density at radius 3 is 3.36 bits per heavy atom. The topological polar surface area (TPSA) is 53.8 Å². The predicted octanol–water partition coefficient (Wildman–Crippen LogP) is 0.161. The molecule has 4 nitrogen and oxygen atoms in total. The molecule has 0 aromatic rings. The summed E-state index contributed by atoms with van der Waals surface area (Å²) in [6, 6.07) is -0.402. The lowest BCUT2D eigenvalue weighted by molar-refractivity contribution is 0.257. The first-order valence-corrected chi connectivity index (χ1v) is 3.43. The number of urea groups is 1. The largest absolute Gasteiger partial charge is 0.367 e. The average Bonchev–Trinajstić information content (AvgIpc) is 2.04. The lowest BCUT2D eigenvalue weighted by Gasteiger charge is -2.14.